The van der Waals surface area contributed by atoms with E-state index in [4.69, 9.17) is 0 Å². The van der Waals surface area contributed by atoms with E-state index in [9.17, 15) is 0 Å². The van der Waals surface area contributed by atoms with E-state index in [-0.39, 0.29) is 0 Å². The van der Waals surface area contributed by atoms with Gasteiger partial charge in [0, 0.05) is 30.7 Å². The Morgan fingerprint density at radius 2 is 1.35 bits per heavy atom. The molecular weight excluding hydrogens is 522 g/mol. The zero-order valence-electron chi connectivity index (χ0n) is 26.9. The van der Waals surface area contributed by atoms with Crippen molar-refractivity contribution in [2.45, 2.75) is 77.2 Å². The van der Waals surface area contributed by atoms with Crippen LogP contribution in [0.5, 0.6) is 0 Å². The largest absolute Gasteiger partial charge is 0.385 e. The molecule has 1 atom stereocenters. The van der Waals surface area contributed by atoms with Crippen LogP contribution < -0.4 is 5.32 Å². The summed E-state index contributed by atoms with van der Waals surface area (Å²) < 4.78 is 0. The summed E-state index contributed by atoms with van der Waals surface area (Å²) in [7, 11) is 0. The normalized spacial score (nSPS) is 18.1. The van der Waals surface area contributed by atoms with Crippen LogP contribution in [0.3, 0.4) is 0 Å². The Hall–Kier alpha value is -2.88. The molecule has 230 valence electrons. The molecular formula is C40H55N3. The van der Waals surface area contributed by atoms with Crippen molar-refractivity contribution < 1.29 is 0 Å². The van der Waals surface area contributed by atoms with Crippen molar-refractivity contribution in [2.24, 2.45) is 11.8 Å². The SMILES string of the molecule is C=C(NCC1CCN(C(CC)CCC)CC1)c1ccc(CC2CCN(CC(c3ccccc3)c3ccccc3)CC2)cc1. The fraction of sp³-hybridized carbons (Fsp3) is 0.500. The van der Waals surface area contributed by atoms with Crippen LogP contribution in [0.25, 0.3) is 5.70 Å². The molecule has 0 amide bonds. The Labute approximate surface area is 262 Å². The molecule has 0 spiro atoms. The maximum absolute atomic E-state index is 4.38. The Balaban J connectivity index is 1.04. The van der Waals surface area contributed by atoms with Gasteiger partial charge in [-0.05, 0) is 105 Å². The molecule has 1 N–H and O–H groups in total. The first-order valence-electron chi connectivity index (χ1n) is 17.2. The van der Waals surface area contributed by atoms with Gasteiger partial charge < -0.3 is 15.1 Å². The minimum Gasteiger partial charge on any atom is -0.385 e. The van der Waals surface area contributed by atoms with Gasteiger partial charge in [0.15, 0.2) is 0 Å². The van der Waals surface area contributed by atoms with Crippen molar-refractivity contribution in [2.75, 3.05) is 39.3 Å². The van der Waals surface area contributed by atoms with Crippen LogP contribution in [0, 0.1) is 11.8 Å². The standard InChI is InChI=1S/C40H55N3/c1-4-12-39(5-2)43-27-23-35(24-28-43)30-41-32(3)36-19-17-33(18-20-36)29-34-21-25-42(26-22-34)31-40(37-13-8-6-9-14-37)38-15-10-7-11-16-38/h6-11,13-20,34-35,39-41H,3-5,12,21-31H2,1-2H3. The molecule has 0 bridgehead atoms. The third kappa shape index (κ3) is 9.06. The highest BCUT2D eigenvalue weighted by Crippen LogP contribution is 2.29. The predicted octanol–water partition coefficient (Wildman–Crippen LogP) is 8.62. The summed E-state index contributed by atoms with van der Waals surface area (Å²) in [6, 6.07) is 32.1. The van der Waals surface area contributed by atoms with Gasteiger partial charge >= 0.3 is 0 Å². The number of rotatable bonds is 14. The second-order valence-electron chi connectivity index (χ2n) is 13.2. The minimum absolute atomic E-state index is 0.431. The van der Waals surface area contributed by atoms with E-state index in [1.807, 2.05) is 0 Å². The number of benzene rings is 3. The first kappa shape index (κ1) is 31.5. The molecule has 2 aliphatic rings. The molecule has 2 fully saturated rings. The zero-order chi connectivity index (χ0) is 29.9. The smallest absolute Gasteiger partial charge is 0.0340 e. The molecule has 3 nitrogen and oxygen atoms in total. The molecule has 2 saturated heterocycles. The quantitative estimate of drug-likeness (QED) is 0.207. The number of nitrogens with zero attached hydrogens (tertiary/aromatic N) is 2. The third-order valence-electron chi connectivity index (χ3n) is 10.2. The van der Waals surface area contributed by atoms with Crippen molar-refractivity contribution in [3.63, 3.8) is 0 Å². The van der Waals surface area contributed by atoms with Gasteiger partial charge in [-0.2, -0.15) is 0 Å². The monoisotopic (exact) mass is 577 g/mol. The van der Waals surface area contributed by atoms with Crippen molar-refractivity contribution >= 4 is 5.70 Å². The molecule has 3 aromatic rings. The van der Waals surface area contributed by atoms with Gasteiger partial charge in [0.05, 0.1) is 0 Å². The van der Waals surface area contributed by atoms with Crippen LogP contribution in [-0.2, 0) is 6.42 Å². The lowest BCUT2D eigenvalue weighted by Gasteiger charge is -2.37. The Kier molecular flexibility index (Phi) is 11.9. The van der Waals surface area contributed by atoms with E-state index in [2.05, 4.69) is 120 Å². The molecule has 3 aromatic carbocycles. The van der Waals surface area contributed by atoms with Gasteiger partial charge in [-0.15, -0.1) is 0 Å². The van der Waals surface area contributed by atoms with Crippen LogP contribution >= 0.6 is 0 Å². The van der Waals surface area contributed by atoms with E-state index in [1.165, 1.54) is 99.8 Å². The van der Waals surface area contributed by atoms with E-state index in [1.54, 1.807) is 0 Å². The van der Waals surface area contributed by atoms with Gasteiger partial charge in [-0.3, -0.25) is 0 Å². The third-order valence-corrected chi connectivity index (χ3v) is 10.2. The predicted molar refractivity (Wildman–Crippen MR) is 184 cm³/mol. The maximum atomic E-state index is 4.38. The summed E-state index contributed by atoms with van der Waals surface area (Å²) in [6.45, 7) is 16.1. The van der Waals surface area contributed by atoms with Gasteiger partial charge in [0.1, 0.15) is 0 Å². The highest BCUT2D eigenvalue weighted by Gasteiger charge is 2.25. The fourth-order valence-electron chi connectivity index (χ4n) is 7.45. The van der Waals surface area contributed by atoms with Gasteiger partial charge in [0.2, 0.25) is 0 Å². The van der Waals surface area contributed by atoms with Crippen molar-refractivity contribution in [3.05, 3.63) is 114 Å². The highest BCUT2D eigenvalue weighted by molar-refractivity contribution is 5.61. The summed E-state index contributed by atoms with van der Waals surface area (Å²) in [5, 5.41) is 3.68. The van der Waals surface area contributed by atoms with E-state index in [0.29, 0.717) is 5.92 Å². The molecule has 1 unspecified atom stereocenters. The number of nitrogens with one attached hydrogen (secondary N) is 1. The molecule has 2 heterocycles. The number of piperidine rings is 2. The summed E-state index contributed by atoms with van der Waals surface area (Å²) in [6.07, 6.45) is 10.3. The average molecular weight is 578 g/mol. The highest BCUT2D eigenvalue weighted by atomic mass is 15.2. The van der Waals surface area contributed by atoms with Gasteiger partial charge in [-0.1, -0.05) is 112 Å². The lowest BCUT2D eigenvalue weighted by molar-refractivity contribution is 0.123. The zero-order valence-corrected chi connectivity index (χ0v) is 26.9. The van der Waals surface area contributed by atoms with Gasteiger partial charge in [0.25, 0.3) is 0 Å². The molecule has 0 saturated carbocycles. The first-order valence-corrected chi connectivity index (χ1v) is 17.2. The number of likely N-dealkylation sites (tertiary alicyclic amines) is 2. The topological polar surface area (TPSA) is 18.5 Å². The molecule has 0 radical (unpaired) electrons. The lowest BCUT2D eigenvalue weighted by atomic mass is 9.87. The van der Waals surface area contributed by atoms with E-state index in [0.717, 1.165) is 36.7 Å². The van der Waals surface area contributed by atoms with Crippen LogP contribution in [0.4, 0.5) is 0 Å². The molecule has 3 heteroatoms. The molecule has 0 aliphatic carbocycles. The van der Waals surface area contributed by atoms with Crippen LogP contribution in [-0.4, -0.2) is 55.1 Å². The van der Waals surface area contributed by atoms with E-state index < -0.39 is 0 Å². The Bertz CT molecular complexity index is 1170. The number of hydrogen-bond acceptors (Lipinski definition) is 3. The van der Waals surface area contributed by atoms with Crippen LogP contribution in [0.15, 0.2) is 91.5 Å². The summed E-state index contributed by atoms with van der Waals surface area (Å²) in [5.41, 5.74) is 6.62. The summed E-state index contributed by atoms with van der Waals surface area (Å²) in [4.78, 5) is 5.43. The molecule has 5 rings (SSSR count). The van der Waals surface area contributed by atoms with Crippen LogP contribution in [0.2, 0.25) is 0 Å². The fourth-order valence-corrected chi connectivity index (χ4v) is 7.45. The summed E-state index contributed by atoms with van der Waals surface area (Å²) >= 11 is 0. The molecule has 0 aromatic heterocycles. The van der Waals surface area contributed by atoms with E-state index >= 15 is 0 Å². The maximum Gasteiger partial charge on any atom is 0.0340 e. The van der Waals surface area contributed by atoms with Gasteiger partial charge in [-0.25, -0.2) is 0 Å². The Morgan fingerprint density at radius 3 is 1.91 bits per heavy atom. The second kappa shape index (κ2) is 16.3. The second-order valence-corrected chi connectivity index (χ2v) is 13.2. The average Bonchev–Trinajstić information content (AvgIpc) is 3.07. The number of hydrogen-bond donors (Lipinski definition) is 1. The van der Waals surface area contributed by atoms with Crippen molar-refractivity contribution in [1.82, 2.24) is 15.1 Å². The van der Waals surface area contributed by atoms with Crippen molar-refractivity contribution in [1.29, 1.82) is 0 Å². The Morgan fingerprint density at radius 1 is 0.767 bits per heavy atom. The minimum atomic E-state index is 0.431. The molecule has 43 heavy (non-hydrogen) atoms. The summed E-state index contributed by atoms with van der Waals surface area (Å²) in [5.74, 6) is 1.96. The first-order chi connectivity index (χ1) is 21.1. The molecule has 2 aliphatic heterocycles. The van der Waals surface area contributed by atoms with Crippen LogP contribution in [0.1, 0.15) is 87.0 Å². The van der Waals surface area contributed by atoms with Crippen molar-refractivity contribution in [3.8, 4) is 0 Å². The lowest BCUT2D eigenvalue weighted by Crippen LogP contribution is -2.42.